The first-order valence-corrected chi connectivity index (χ1v) is 7.08. The van der Waals surface area contributed by atoms with Crippen molar-refractivity contribution in [3.05, 3.63) is 17.8 Å². The molecule has 3 heterocycles. The van der Waals surface area contributed by atoms with E-state index in [4.69, 9.17) is 10.8 Å². The van der Waals surface area contributed by atoms with E-state index in [1.54, 1.807) is 6.07 Å². The Balaban J connectivity index is 1.80. The molecule has 0 aromatic carbocycles. The van der Waals surface area contributed by atoms with Gasteiger partial charge < -0.3 is 21.1 Å². The minimum atomic E-state index is -1.06. The predicted molar refractivity (Wildman–Crippen MR) is 77.1 cm³/mol. The Bertz CT molecular complexity index is 590. The third-order valence-corrected chi connectivity index (χ3v) is 4.25. The number of anilines is 2. The van der Waals surface area contributed by atoms with Crippen LogP contribution in [0.5, 0.6) is 0 Å². The maximum absolute atomic E-state index is 11.4. The molecule has 1 amide bonds. The molecule has 7 heteroatoms. The fourth-order valence-corrected chi connectivity index (χ4v) is 3.13. The van der Waals surface area contributed by atoms with E-state index in [0.29, 0.717) is 30.4 Å². The van der Waals surface area contributed by atoms with Gasteiger partial charge in [0.2, 0.25) is 5.91 Å². The molecular weight excluding hydrogens is 272 g/mol. The molecule has 21 heavy (non-hydrogen) atoms. The summed E-state index contributed by atoms with van der Waals surface area (Å²) in [4.78, 5) is 28.7. The third-order valence-electron chi connectivity index (χ3n) is 4.25. The number of nitrogen functional groups attached to an aromatic ring is 1. The van der Waals surface area contributed by atoms with E-state index >= 15 is 0 Å². The summed E-state index contributed by atoms with van der Waals surface area (Å²) in [6.45, 7) is 1.45. The Morgan fingerprint density at radius 2 is 2.24 bits per heavy atom. The molecule has 0 saturated carbocycles. The van der Waals surface area contributed by atoms with Crippen LogP contribution in [0, 0.1) is 5.92 Å². The van der Waals surface area contributed by atoms with E-state index in [0.717, 1.165) is 19.4 Å². The number of nitrogens with zero attached hydrogens (tertiary/aromatic N) is 2. The van der Waals surface area contributed by atoms with E-state index in [1.165, 1.54) is 6.07 Å². The van der Waals surface area contributed by atoms with E-state index in [9.17, 15) is 9.59 Å². The Kier molecular flexibility index (Phi) is 3.40. The van der Waals surface area contributed by atoms with Crippen molar-refractivity contribution in [1.29, 1.82) is 0 Å². The number of fused-ring (bicyclic) bond motifs is 1. The molecule has 2 unspecified atom stereocenters. The monoisotopic (exact) mass is 290 g/mol. The molecule has 0 radical (unpaired) electrons. The van der Waals surface area contributed by atoms with Crippen molar-refractivity contribution in [2.45, 2.75) is 25.3 Å². The molecule has 0 bridgehead atoms. The maximum Gasteiger partial charge on any atom is 0.354 e. The standard InChI is InChI=1S/C14H18N4O3/c15-9-2-3-11(14(20)21)17-13(9)18-6-5-10-8(7-18)1-4-12(19)16-10/h2-3,8,10H,1,4-7,15H2,(H,16,19)(H,20,21). The lowest BCUT2D eigenvalue weighted by molar-refractivity contribution is -0.124. The summed E-state index contributed by atoms with van der Waals surface area (Å²) in [5.74, 6) is -0.0392. The average Bonchev–Trinajstić information content (AvgIpc) is 2.47. The van der Waals surface area contributed by atoms with Gasteiger partial charge in [-0.3, -0.25) is 4.79 Å². The summed E-state index contributed by atoms with van der Waals surface area (Å²) in [6.07, 6.45) is 2.23. The highest BCUT2D eigenvalue weighted by Crippen LogP contribution is 2.30. The second kappa shape index (κ2) is 5.23. The highest BCUT2D eigenvalue weighted by atomic mass is 16.4. The van der Waals surface area contributed by atoms with Gasteiger partial charge in [0.25, 0.3) is 0 Å². The lowest BCUT2D eigenvalue weighted by atomic mass is 9.85. The minimum Gasteiger partial charge on any atom is -0.477 e. The molecule has 0 aliphatic carbocycles. The molecule has 112 valence electrons. The van der Waals surface area contributed by atoms with Crippen LogP contribution in [0.4, 0.5) is 11.5 Å². The fraction of sp³-hybridized carbons (Fsp3) is 0.500. The van der Waals surface area contributed by atoms with Gasteiger partial charge in [-0.05, 0) is 30.9 Å². The Morgan fingerprint density at radius 1 is 1.43 bits per heavy atom. The Labute approximate surface area is 122 Å². The number of piperidine rings is 2. The number of hydrogen-bond donors (Lipinski definition) is 3. The van der Waals surface area contributed by atoms with Crippen LogP contribution in [0.3, 0.4) is 0 Å². The van der Waals surface area contributed by atoms with E-state index < -0.39 is 5.97 Å². The van der Waals surface area contributed by atoms with Crippen molar-refractivity contribution in [2.24, 2.45) is 5.92 Å². The Hall–Kier alpha value is -2.31. The molecule has 2 aliphatic heterocycles. The normalized spacial score (nSPS) is 25.1. The molecule has 2 saturated heterocycles. The number of rotatable bonds is 2. The highest BCUT2D eigenvalue weighted by molar-refractivity contribution is 5.87. The number of aromatic nitrogens is 1. The number of carbonyl (C=O) groups excluding carboxylic acids is 1. The van der Waals surface area contributed by atoms with Gasteiger partial charge >= 0.3 is 5.97 Å². The topological polar surface area (TPSA) is 109 Å². The highest BCUT2D eigenvalue weighted by Gasteiger charge is 2.34. The van der Waals surface area contributed by atoms with Crippen LogP contribution < -0.4 is 16.0 Å². The summed E-state index contributed by atoms with van der Waals surface area (Å²) < 4.78 is 0. The first-order chi connectivity index (χ1) is 10.0. The average molecular weight is 290 g/mol. The van der Waals surface area contributed by atoms with Gasteiger partial charge in [-0.1, -0.05) is 0 Å². The van der Waals surface area contributed by atoms with E-state index in [-0.39, 0.29) is 17.6 Å². The van der Waals surface area contributed by atoms with Crippen LogP contribution in [0.1, 0.15) is 29.8 Å². The first kappa shape index (κ1) is 13.7. The largest absolute Gasteiger partial charge is 0.477 e. The number of amides is 1. The number of hydrogen-bond acceptors (Lipinski definition) is 5. The van der Waals surface area contributed by atoms with Crippen molar-refractivity contribution in [3.63, 3.8) is 0 Å². The zero-order valence-electron chi connectivity index (χ0n) is 11.6. The van der Waals surface area contributed by atoms with Crippen molar-refractivity contribution < 1.29 is 14.7 Å². The molecule has 7 nitrogen and oxygen atoms in total. The lowest BCUT2D eigenvalue weighted by Gasteiger charge is -2.42. The summed E-state index contributed by atoms with van der Waals surface area (Å²) in [5, 5.41) is 12.1. The molecule has 2 atom stereocenters. The van der Waals surface area contributed by atoms with Crippen LogP contribution in [0.15, 0.2) is 12.1 Å². The molecule has 0 spiro atoms. The number of nitrogens with one attached hydrogen (secondary N) is 1. The first-order valence-electron chi connectivity index (χ1n) is 7.08. The second-order valence-electron chi connectivity index (χ2n) is 5.62. The SMILES string of the molecule is Nc1ccc(C(=O)O)nc1N1CCC2NC(=O)CCC2C1. The fourth-order valence-electron chi connectivity index (χ4n) is 3.13. The van der Waals surface area contributed by atoms with Crippen LogP contribution in [-0.4, -0.2) is 41.1 Å². The zero-order chi connectivity index (χ0) is 15.0. The van der Waals surface area contributed by atoms with Crippen LogP contribution >= 0.6 is 0 Å². The summed E-state index contributed by atoms with van der Waals surface area (Å²) >= 11 is 0. The van der Waals surface area contributed by atoms with Gasteiger partial charge in [0, 0.05) is 25.6 Å². The summed E-state index contributed by atoms with van der Waals surface area (Å²) in [5.41, 5.74) is 6.43. The molecule has 1 aromatic heterocycles. The van der Waals surface area contributed by atoms with Crippen LogP contribution in [-0.2, 0) is 4.79 Å². The number of nitrogens with two attached hydrogens (primary N) is 1. The van der Waals surface area contributed by atoms with Crippen molar-refractivity contribution in [1.82, 2.24) is 10.3 Å². The summed E-state index contributed by atoms with van der Waals surface area (Å²) in [7, 11) is 0. The Morgan fingerprint density at radius 3 is 3.00 bits per heavy atom. The smallest absolute Gasteiger partial charge is 0.354 e. The molecular formula is C14H18N4O3. The van der Waals surface area contributed by atoms with Gasteiger partial charge in [-0.15, -0.1) is 0 Å². The van der Waals surface area contributed by atoms with Gasteiger partial charge in [-0.25, -0.2) is 9.78 Å². The molecule has 3 rings (SSSR count). The van der Waals surface area contributed by atoms with Crippen molar-refractivity contribution in [3.8, 4) is 0 Å². The van der Waals surface area contributed by atoms with Crippen LogP contribution in [0.25, 0.3) is 0 Å². The lowest BCUT2D eigenvalue weighted by Crippen LogP contribution is -2.54. The number of aromatic carboxylic acids is 1. The van der Waals surface area contributed by atoms with E-state index in [2.05, 4.69) is 10.3 Å². The minimum absolute atomic E-state index is 0.00160. The molecule has 4 N–H and O–H groups in total. The number of carbonyl (C=O) groups is 2. The molecule has 2 fully saturated rings. The summed E-state index contributed by atoms with van der Waals surface area (Å²) in [6, 6.07) is 3.21. The second-order valence-corrected chi connectivity index (χ2v) is 5.62. The van der Waals surface area contributed by atoms with Gasteiger partial charge in [0.15, 0.2) is 11.5 Å². The maximum atomic E-state index is 11.4. The third kappa shape index (κ3) is 2.63. The van der Waals surface area contributed by atoms with Gasteiger partial charge in [-0.2, -0.15) is 0 Å². The number of carboxylic acids is 1. The van der Waals surface area contributed by atoms with Crippen LogP contribution in [0.2, 0.25) is 0 Å². The quantitative estimate of drug-likeness (QED) is 0.730. The predicted octanol–water partition coefficient (Wildman–Crippen LogP) is 0.467. The molecule has 1 aromatic rings. The van der Waals surface area contributed by atoms with Crippen molar-refractivity contribution in [2.75, 3.05) is 23.7 Å². The van der Waals surface area contributed by atoms with Crippen molar-refractivity contribution >= 4 is 23.4 Å². The zero-order valence-corrected chi connectivity index (χ0v) is 11.6. The number of carboxylic acid groups (broad SMARTS) is 1. The number of pyridine rings is 1. The van der Waals surface area contributed by atoms with E-state index in [1.807, 2.05) is 4.90 Å². The van der Waals surface area contributed by atoms with Gasteiger partial charge in [0.05, 0.1) is 5.69 Å². The van der Waals surface area contributed by atoms with Gasteiger partial charge in [0.1, 0.15) is 0 Å². The molecule has 2 aliphatic rings.